The molecule has 1 amide bonds. The summed E-state index contributed by atoms with van der Waals surface area (Å²) in [6.07, 6.45) is 0.336. The van der Waals surface area contributed by atoms with E-state index in [1.54, 1.807) is 30.3 Å². The Labute approximate surface area is 162 Å². The van der Waals surface area contributed by atoms with E-state index in [4.69, 9.17) is 11.1 Å². The van der Waals surface area contributed by atoms with Gasteiger partial charge >= 0.3 is 163 Å². The van der Waals surface area contributed by atoms with Crippen LogP contribution >= 0.6 is 0 Å². The van der Waals surface area contributed by atoms with Crippen molar-refractivity contribution < 1.29 is 30.7 Å². The predicted molar refractivity (Wildman–Crippen MR) is 95.0 cm³/mol. The Bertz CT molecular complexity index is 821. The van der Waals surface area contributed by atoms with Crippen LogP contribution in [0.1, 0.15) is 21.5 Å². The molecule has 138 valence electrons. The summed E-state index contributed by atoms with van der Waals surface area (Å²) in [6.45, 7) is 3.77. The van der Waals surface area contributed by atoms with Gasteiger partial charge in [0.25, 0.3) is 0 Å². The second kappa shape index (κ2) is 8.70. The molecule has 5 nitrogen and oxygen atoms in total. The molecule has 26 heavy (non-hydrogen) atoms. The molecular formula is C19H21FIN4O-. The van der Waals surface area contributed by atoms with Crippen molar-refractivity contribution in [3.05, 3.63) is 68.5 Å². The number of piperazine rings is 1. The number of rotatable bonds is 6. The molecule has 0 radical (unpaired) electrons. The van der Waals surface area contributed by atoms with Gasteiger partial charge in [-0.25, -0.2) is 0 Å². The van der Waals surface area contributed by atoms with Crippen LogP contribution < -0.4 is 32.5 Å². The third-order valence-electron chi connectivity index (χ3n) is 4.16. The van der Waals surface area contributed by atoms with Gasteiger partial charge in [0.15, 0.2) is 0 Å². The molecule has 0 aliphatic carbocycles. The Balaban J connectivity index is 1.76. The van der Waals surface area contributed by atoms with Crippen molar-refractivity contribution in [2.45, 2.75) is 6.42 Å². The van der Waals surface area contributed by atoms with Gasteiger partial charge in [-0.15, -0.1) is 0 Å². The summed E-state index contributed by atoms with van der Waals surface area (Å²) in [4.78, 5) is 11.6. The zero-order valence-electron chi connectivity index (χ0n) is 14.3. The summed E-state index contributed by atoms with van der Waals surface area (Å²) in [5, 5.41) is 11.7. The van der Waals surface area contributed by atoms with Crippen LogP contribution in [-0.2, 0) is 6.42 Å². The van der Waals surface area contributed by atoms with Crippen LogP contribution in [0.25, 0.3) is 0 Å². The van der Waals surface area contributed by atoms with E-state index in [1.165, 1.54) is 6.07 Å². The molecule has 0 aromatic heterocycles. The fourth-order valence-electron chi connectivity index (χ4n) is 2.83. The van der Waals surface area contributed by atoms with Gasteiger partial charge < -0.3 is 0 Å². The van der Waals surface area contributed by atoms with Gasteiger partial charge in [-0.1, -0.05) is 0 Å². The second-order valence-corrected chi connectivity index (χ2v) is 9.07. The molecule has 7 heteroatoms. The van der Waals surface area contributed by atoms with Crippen molar-refractivity contribution in [2.75, 3.05) is 26.2 Å². The van der Waals surface area contributed by atoms with Crippen LogP contribution in [0.2, 0.25) is 0 Å². The van der Waals surface area contributed by atoms with Crippen molar-refractivity contribution in [3.8, 4) is 0 Å². The van der Waals surface area contributed by atoms with E-state index in [-0.39, 0.29) is 5.82 Å². The van der Waals surface area contributed by atoms with E-state index >= 15 is 0 Å². The van der Waals surface area contributed by atoms with Gasteiger partial charge in [-0.3, -0.25) is 0 Å². The fourth-order valence-corrected chi connectivity index (χ4v) is 5.48. The molecular weight excluding hydrogens is 446 g/mol. The molecule has 1 saturated heterocycles. The first-order valence-electron chi connectivity index (χ1n) is 8.40. The van der Waals surface area contributed by atoms with Crippen LogP contribution in [-0.4, -0.2) is 40.9 Å². The Hall–Kier alpha value is -1.84. The molecule has 3 rings (SSSR count). The van der Waals surface area contributed by atoms with Crippen molar-refractivity contribution in [1.82, 2.24) is 8.43 Å². The number of nitrogens with one attached hydrogen (secondary N) is 2. The summed E-state index contributed by atoms with van der Waals surface area (Å²) < 4.78 is 17.3. The molecule has 4 N–H and O–H groups in total. The normalized spacial score (nSPS) is 15.1. The molecule has 2 aromatic rings. The van der Waals surface area contributed by atoms with Crippen molar-refractivity contribution in [3.63, 3.8) is 0 Å². The van der Waals surface area contributed by atoms with E-state index in [2.05, 4.69) is 8.43 Å². The zero-order valence-corrected chi connectivity index (χ0v) is 16.4. The van der Waals surface area contributed by atoms with Crippen LogP contribution in [0, 0.1) is 14.8 Å². The van der Waals surface area contributed by atoms with Crippen molar-refractivity contribution in [2.24, 2.45) is 5.73 Å². The van der Waals surface area contributed by atoms with Gasteiger partial charge in [-0.2, -0.15) is 0 Å². The number of benzene rings is 2. The standard InChI is InChI=1S/C19H21FIN4O/c20-16-6-5-13(11-17(16)21-25-9-7-24-8-10-25)12-18(22)14-3-1-2-4-15(14)19(23)26/h1-6,11,22,24H,7-10,12H2,(H2,23,26)/q-1. The summed E-state index contributed by atoms with van der Waals surface area (Å²) in [5.41, 5.74) is 7.45. The molecule has 0 atom stereocenters. The second-order valence-electron chi connectivity index (χ2n) is 6.06. The minimum absolute atomic E-state index is 0.177. The maximum absolute atomic E-state index is 14.2. The SMILES string of the molecule is N=C(Cc1ccc(F)c([I-]N2CCNCC2)c1)c1ccccc1C(N)=O. The Morgan fingerprint density at radius 3 is 2.58 bits per heavy atom. The third-order valence-corrected chi connectivity index (χ3v) is 7.15. The Morgan fingerprint density at radius 1 is 1.19 bits per heavy atom. The summed E-state index contributed by atoms with van der Waals surface area (Å²) >= 11 is -0.557. The molecule has 1 aliphatic rings. The van der Waals surface area contributed by atoms with Crippen LogP contribution in [0.5, 0.6) is 0 Å². The topological polar surface area (TPSA) is 82.2 Å². The van der Waals surface area contributed by atoms with Crippen LogP contribution in [0.3, 0.4) is 0 Å². The first kappa shape index (κ1) is 18.9. The van der Waals surface area contributed by atoms with E-state index in [0.29, 0.717) is 23.3 Å². The number of halogens is 2. The predicted octanol–water partition coefficient (Wildman–Crippen LogP) is -1.39. The van der Waals surface area contributed by atoms with Crippen LogP contribution in [0.15, 0.2) is 42.5 Å². The first-order chi connectivity index (χ1) is 12.5. The number of hydrogen-bond donors (Lipinski definition) is 3. The number of amides is 1. The van der Waals surface area contributed by atoms with Gasteiger partial charge in [-0.05, 0) is 0 Å². The van der Waals surface area contributed by atoms with E-state index in [0.717, 1.165) is 35.3 Å². The summed E-state index contributed by atoms with van der Waals surface area (Å²) in [5.74, 6) is -0.723. The Kier molecular flexibility index (Phi) is 6.33. The first-order valence-corrected chi connectivity index (χ1v) is 10.4. The zero-order chi connectivity index (χ0) is 18.5. The molecule has 1 fully saturated rings. The van der Waals surface area contributed by atoms with E-state index < -0.39 is 27.4 Å². The molecule has 0 spiro atoms. The summed E-state index contributed by atoms with van der Waals surface area (Å²) in [7, 11) is 0. The maximum atomic E-state index is 14.2. The average molecular weight is 467 g/mol. The van der Waals surface area contributed by atoms with Gasteiger partial charge in [0.1, 0.15) is 0 Å². The van der Waals surface area contributed by atoms with Crippen molar-refractivity contribution in [1.29, 1.82) is 5.41 Å². The van der Waals surface area contributed by atoms with Gasteiger partial charge in [0, 0.05) is 0 Å². The molecule has 0 unspecified atom stereocenters. The quantitative estimate of drug-likeness (QED) is 0.278. The Morgan fingerprint density at radius 2 is 1.88 bits per heavy atom. The van der Waals surface area contributed by atoms with Crippen LogP contribution in [0.4, 0.5) is 4.39 Å². The third kappa shape index (κ3) is 4.66. The average Bonchev–Trinajstić information content (AvgIpc) is 2.65. The number of carbonyl (C=O) groups is 1. The van der Waals surface area contributed by atoms with Gasteiger partial charge in [0.2, 0.25) is 0 Å². The molecule has 1 aliphatic heterocycles. The molecule has 2 aromatic carbocycles. The minimum atomic E-state index is -0.557. The molecule has 0 bridgehead atoms. The van der Waals surface area contributed by atoms with E-state index in [1.807, 2.05) is 6.07 Å². The number of nitrogens with zero attached hydrogens (tertiary/aromatic N) is 1. The van der Waals surface area contributed by atoms with Gasteiger partial charge in [0.05, 0.1) is 0 Å². The van der Waals surface area contributed by atoms with Crippen molar-refractivity contribution >= 4 is 11.6 Å². The number of nitrogens with two attached hydrogens (primary N) is 1. The monoisotopic (exact) mass is 467 g/mol. The summed E-state index contributed by atoms with van der Waals surface area (Å²) in [6, 6.07) is 11.9. The number of primary amides is 1. The fraction of sp³-hybridized carbons (Fsp3) is 0.263. The molecule has 1 heterocycles. The van der Waals surface area contributed by atoms with E-state index in [9.17, 15) is 9.18 Å². The number of hydrogen-bond acceptors (Lipinski definition) is 4. The molecule has 0 saturated carbocycles. The number of carbonyl (C=O) groups excluding carboxylic acids is 1.